The fraction of sp³-hybridized carbons (Fsp3) is 0.444. The fourth-order valence-corrected chi connectivity index (χ4v) is 2.12. The highest BCUT2D eigenvalue weighted by atomic mass is 127. The van der Waals surface area contributed by atoms with Crippen molar-refractivity contribution in [1.29, 1.82) is 0 Å². The van der Waals surface area contributed by atoms with Crippen LogP contribution in [0.5, 0.6) is 5.75 Å². The lowest BCUT2D eigenvalue weighted by Gasteiger charge is -2.13. The summed E-state index contributed by atoms with van der Waals surface area (Å²) < 4.78 is 24.3. The van der Waals surface area contributed by atoms with E-state index in [2.05, 4.69) is 41.4 Å². The maximum absolute atomic E-state index is 13.7. The summed E-state index contributed by atoms with van der Waals surface area (Å²) in [6.45, 7) is 7.05. The Morgan fingerprint density at radius 1 is 1.27 bits per heavy atom. The first-order valence-electron chi connectivity index (χ1n) is 8.05. The SMILES string of the molecule is CN=C(NCc1ccc(OC)c(F)c1)NCc1ncc(C(C)(C)C)o1.I. The fourth-order valence-electron chi connectivity index (χ4n) is 2.12. The van der Waals surface area contributed by atoms with Crippen LogP contribution in [-0.4, -0.2) is 25.1 Å². The van der Waals surface area contributed by atoms with Crippen LogP contribution in [0, 0.1) is 5.82 Å². The van der Waals surface area contributed by atoms with Crippen LogP contribution in [-0.2, 0) is 18.5 Å². The third kappa shape index (κ3) is 6.15. The van der Waals surface area contributed by atoms with Gasteiger partial charge in [0, 0.05) is 19.0 Å². The van der Waals surface area contributed by atoms with Crippen molar-refractivity contribution < 1.29 is 13.5 Å². The molecular formula is C18H26FIN4O2. The molecule has 0 spiro atoms. The molecule has 0 fully saturated rings. The van der Waals surface area contributed by atoms with Crippen LogP contribution in [0.3, 0.4) is 0 Å². The number of guanidine groups is 1. The number of ether oxygens (including phenoxy) is 1. The predicted molar refractivity (Wildman–Crippen MR) is 111 cm³/mol. The zero-order valence-corrected chi connectivity index (χ0v) is 18.1. The van der Waals surface area contributed by atoms with E-state index in [0.717, 1.165) is 11.3 Å². The molecule has 144 valence electrons. The standard InChI is InChI=1S/C18H25FN4O2.HI/c1-18(2,3)15-10-21-16(25-15)11-23-17(20-4)22-9-12-6-7-14(24-5)13(19)8-12;/h6-8,10H,9,11H2,1-5H3,(H2,20,22,23);1H. The third-order valence-corrected chi connectivity index (χ3v) is 3.60. The molecule has 2 rings (SSSR count). The van der Waals surface area contributed by atoms with Gasteiger partial charge in [-0.3, -0.25) is 4.99 Å². The maximum atomic E-state index is 13.7. The van der Waals surface area contributed by atoms with Crippen LogP contribution in [0.1, 0.15) is 38.0 Å². The second-order valence-electron chi connectivity index (χ2n) is 6.62. The first-order valence-corrected chi connectivity index (χ1v) is 8.05. The Bertz CT molecular complexity index is 741. The average Bonchev–Trinajstić information content (AvgIpc) is 3.04. The Morgan fingerprint density at radius 3 is 2.50 bits per heavy atom. The molecule has 8 heteroatoms. The normalized spacial score (nSPS) is 11.7. The van der Waals surface area contributed by atoms with Gasteiger partial charge in [0.15, 0.2) is 17.5 Å². The molecule has 1 aromatic heterocycles. The van der Waals surface area contributed by atoms with Crippen LogP contribution in [0.2, 0.25) is 0 Å². The summed E-state index contributed by atoms with van der Waals surface area (Å²) in [5.74, 6) is 1.83. The zero-order chi connectivity index (χ0) is 18.4. The number of halogens is 2. The quantitative estimate of drug-likeness (QED) is 0.392. The number of aromatic nitrogens is 1. The van der Waals surface area contributed by atoms with Crippen LogP contribution in [0.15, 0.2) is 33.8 Å². The van der Waals surface area contributed by atoms with Crippen molar-refractivity contribution in [1.82, 2.24) is 15.6 Å². The monoisotopic (exact) mass is 476 g/mol. The van der Waals surface area contributed by atoms with Crippen LogP contribution in [0.25, 0.3) is 0 Å². The Kier molecular flexibility index (Phi) is 8.32. The van der Waals surface area contributed by atoms with Gasteiger partial charge >= 0.3 is 0 Å². The minimum absolute atomic E-state index is 0. The third-order valence-electron chi connectivity index (χ3n) is 3.60. The molecule has 6 nitrogen and oxygen atoms in total. The largest absolute Gasteiger partial charge is 0.494 e. The summed E-state index contributed by atoms with van der Waals surface area (Å²) in [6.07, 6.45) is 1.74. The van der Waals surface area contributed by atoms with Gasteiger partial charge in [0.1, 0.15) is 5.76 Å². The van der Waals surface area contributed by atoms with Gasteiger partial charge in [-0.2, -0.15) is 0 Å². The van der Waals surface area contributed by atoms with E-state index < -0.39 is 0 Å². The number of hydrogen-bond donors (Lipinski definition) is 2. The van der Waals surface area contributed by atoms with E-state index in [9.17, 15) is 4.39 Å². The minimum Gasteiger partial charge on any atom is -0.494 e. The maximum Gasteiger partial charge on any atom is 0.213 e. The van der Waals surface area contributed by atoms with Crippen molar-refractivity contribution in [3.63, 3.8) is 0 Å². The molecule has 0 atom stereocenters. The van der Waals surface area contributed by atoms with E-state index >= 15 is 0 Å². The van der Waals surface area contributed by atoms with E-state index in [0.29, 0.717) is 24.9 Å². The number of nitrogens with zero attached hydrogens (tertiary/aromatic N) is 2. The van der Waals surface area contributed by atoms with Gasteiger partial charge in [0.2, 0.25) is 5.89 Å². The zero-order valence-electron chi connectivity index (χ0n) is 15.7. The van der Waals surface area contributed by atoms with E-state index in [1.54, 1.807) is 25.4 Å². The van der Waals surface area contributed by atoms with Crippen LogP contribution < -0.4 is 15.4 Å². The molecule has 0 saturated carbocycles. The first kappa shape index (κ1) is 22.2. The van der Waals surface area contributed by atoms with Crippen molar-refractivity contribution in [2.75, 3.05) is 14.2 Å². The highest BCUT2D eigenvalue weighted by Gasteiger charge is 2.19. The van der Waals surface area contributed by atoms with Gasteiger partial charge in [-0.1, -0.05) is 26.8 Å². The molecule has 0 aliphatic rings. The average molecular weight is 476 g/mol. The van der Waals surface area contributed by atoms with Crippen LogP contribution in [0.4, 0.5) is 4.39 Å². The summed E-state index contributed by atoms with van der Waals surface area (Å²) in [7, 11) is 3.11. The second kappa shape index (κ2) is 9.75. The van der Waals surface area contributed by atoms with Crippen molar-refractivity contribution in [3.05, 3.63) is 47.4 Å². The molecule has 0 bridgehead atoms. The summed E-state index contributed by atoms with van der Waals surface area (Å²) in [6, 6.07) is 4.83. The molecule has 26 heavy (non-hydrogen) atoms. The van der Waals surface area contributed by atoms with E-state index in [4.69, 9.17) is 9.15 Å². The Morgan fingerprint density at radius 2 is 1.96 bits per heavy atom. The Balaban J connectivity index is 0.00000338. The number of methoxy groups -OCH3 is 1. The van der Waals surface area contributed by atoms with Crippen LogP contribution >= 0.6 is 24.0 Å². The van der Waals surface area contributed by atoms with E-state index in [1.165, 1.54) is 13.2 Å². The summed E-state index contributed by atoms with van der Waals surface area (Å²) in [5, 5.41) is 6.24. The molecule has 0 unspecified atom stereocenters. The molecule has 0 aliphatic heterocycles. The number of nitrogens with one attached hydrogen (secondary N) is 2. The molecule has 0 radical (unpaired) electrons. The molecule has 0 saturated heterocycles. The van der Waals surface area contributed by atoms with Gasteiger partial charge in [-0.05, 0) is 17.7 Å². The van der Waals surface area contributed by atoms with Gasteiger partial charge in [-0.25, -0.2) is 9.37 Å². The smallest absolute Gasteiger partial charge is 0.213 e. The molecule has 0 aliphatic carbocycles. The number of hydrogen-bond acceptors (Lipinski definition) is 4. The van der Waals surface area contributed by atoms with Gasteiger partial charge in [0.05, 0.1) is 19.9 Å². The highest BCUT2D eigenvalue weighted by molar-refractivity contribution is 14.0. The number of benzene rings is 1. The van der Waals surface area contributed by atoms with Gasteiger partial charge < -0.3 is 19.8 Å². The number of aliphatic imine (C=N–C) groups is 1. The molecule has 2 N–H and O–H groups in total. The highest BCUT2D eigenvalue weighted by Crippen LogP contribution is 2.22. The summed E-state index contributed by atoms with van der Waals surface area (Å²) >= 11 is 0. The Labute approximate surface area is 170 Å². The predicted octanol–water partition coefficient (Wildman–Crippen LogP) is 3.60. The van der Waals surface area contributed by atoms with E-state index in [-0.39, 0.29) is 41.0 Å². The lowest BCUT2D eigenvalue weighted by atomic mass is 9.94. The number of rotatable bonds is 5. The molecule has 1 aromatic carbocycles. The molecule has 2 aromatic rings. The molecular weight excluding hydrogens is 450 g/mol. The lowest BCUT2D eigenvalue weighted by Crippen LogP contribution is -2.36. The molecule has 0 amide bonds. The van der Waals surface area contributed by atoms with Crippen molar-refractivity contribution >= 4 is 29.9 Å². The molecule has 1 heterocycles. The second-order valence-corrected chi connectivity index (χ2v) is 6.62. The van der Waals surface area contributed by atoms with Gasteiger partial charge in [0.25, 0.3) is 0 Å². The number of oxazole rings is 1. The Hall–Kier alpha value is -1.84. The topological polar surface area (TPSA) is 71.7 Å². The van der Waals surface area contributed by atoms with Crippen molar-refractivity contribution in [2.45, 2.75) is 39.3 Å². The van der Waals surface area contributed by atoms with Gasteiger partial charge in [-0.15, -0.1) is 24.0 Å². The van der Waals surface area contributed by atoms with E-state index in [1.807, 2.05) is 0 Å². The lowest BCUT2D eigenvalue weighted by molar-refractivity contribution is 0.379. The minimum atomic E-state index is -0.390. The van der Waals surface area contributed by atoms with Crippen molar-refractivity contribution in [3.8, 4) is 5.75 Å². The summed E-state index contributed by atoms with van der Waals surface area (Å²) in [5.41, 5.74) is 0.705. The first-order chi connectivity index (χ1) is 11.8. The summed E-state index contributed by atoms with van der Waals surface area (Å²) in [4.78, 5) is 8.40. The van der Waals surface area contributed by atoms with Crippen molar-refractivity contribution in [2.24, 2.45) is 4.99 Å².